The van der Waals surface area contributed by atoms with Gasteiger partial charge in [-0.05, 0) is 24.6 Å². The molecule has 0 aliphatic heterocycles. The van der Waals surface area contributed by atoms with Gasteiger partial charge < -0.3 is 5.32 Å². The summed E-state index contributed by atoms with van der Waals surface area (Å²) >= 11 is 0.557. The Kier molecular flexibility index (Phi) is 5.08. The first kappa shape index (κ1) is 14.9. The van der Waals surface area contributed by atoms with E-state index in [0.29, 0.717) is 23.2 Å². The fourth-order valence-corrected chi connectivity index (χ4v) is 2.28. The third-order valence-corrected chi connectivity index (χ3v) is 3.70. The minimum atomic E-state index is -2.38. The lowest BCUT2D eigenvalue weighted by Crippen LogP contribution is -2.20. The number of nitrogens with one attached hydrogen (secondary N) is 1. The van der Waals surface area contributed by atoms with Gasteiger partial charge in [-0.25, -0.2) is 4.98 Å². The normalized spacial score (nSPS) is 12.8. The zero-order valence-electron chi connectivity index (χ0n) is 11.3. The molecule has 0 aliphatic rings. The summed E-state index contributed by atoms with van der Waals surface area (Å²) in [7, 11) is 1.84. The SMILES string of the molecule is C[C@H](NCc1ncnn1C)c1ccc(SC(F)F)cc1. The topological polar surface area (TPSA) is 42.7 Å². The average Bonchev–Trinajstić information content (AvgIpc) is 2.82. The molecule has 0 saturated carbocycles. The molecule has 0 saturated heterocycles. The Morgan fingerprint density at radius 3 is 2.55 bits per heavy atom. The Bertz CT molecular complexity index is 542. The number of aryl methyl sites for hydroxylation is 1. The van der Waals surface area contributed by atoms with E-state index < -0.39 is 5.76 Å². The number of alkyl halides is 2. The van der Waals surface area contributed by atoms with Crippen molar-refractivity contribution in [2.24, 2.45) is 7.05 Å². The lowest BCUT2D eigenvalue weighted by molar-refractivity contribution is 0.252. The zero-order chi connectivity index (χ0) is 14.5. The molecule has 0 bridgehead atoms. The molecule has 0 amide bonds. The number of aromatic nitrogens is 3. The van der Waals surface area contributed by atoms with Gasteiger partial charge in [0.05, 0.1) is 6.54 Å². The van der Waals surface area contributed by atoms with Crippen molar-refractivity contribution in [3.63, 3.8) is 0 Å². The highest BCUT2D eigenvalue weighted by Crippen LogP contribution is 2.26. The van der Waals surface area contributed by atoms with Crippen LogP contribution < -0.4 is 5.32 Å². The summed E-state index contributed by atoms with van der Waals surface area (Å²) in [6, 6.07) is 7.26. The molecule has 1 heterocycles. The summed E-state index contributed by atoms with van der Waals surface area (Å²) in [5.41, 5.74) is 1.05. The highest BCUT2D eigenvalue weighted by molar-refractivity contribution is 7.99. The predicted octanol–water partition coefficient (Wildman–Crippen LogP) is 2.98. The lowest BCUT2D eigenvalue weighted by atomic mass is 10.1. The van der Waals surface area contributed by atoms with E-state index in [4.69, 9.17) is 0 Å². The van der Waals surface area contributed by atoms with Gasteiger partial charge in [0.1, 0.15) is 12.2 Å². The molecule has 0 radical (unpaired) electrons. The van der Waals surface area contributed by atoms with E-state index in [0.717, 1.165) is 11.4 Å². The Morgan fingerprint density at radius 2 is 2.00 bits per heavy atom. The highest BCUT2D eigenvalue weighted by Gasteiger charge is 2.09. The Morgan fingerprint density at radius 1 is 1.30 bits per heavy atom. The molecular weight excluding hydrogens is 282 g/mol. The van der Waals surface area contributed by atoms with Gasteiger partial charge in [-0.2, -0.15) is 13.9 Å². The number of hydrogen-bond donors (Lipinski definition) is 1. The van der Waals surface area contributed by atoms with Gasteiger partial charge in [0.25, 0.3) is 5.76 Å². The number of rotatable bonds is 6. The van der Waals surface area contributed by atoms with Crippen LogP contribution in [0.4, 0.5) is 8.78 Å². The van der Waals surface area contributed by atoms with Gasteiger partial charge in [0.15, 0.2) is 0 Å². The van der Waals surface area contributed by atoms with Crippen molar-refractivity contribution >= 4 is 11.8 Å². The van der Waals surface area contributed by atoms with Crippen molar-refractivity contribution in [3.05, 3.63) is 42.0 Å². The molecule has 4 nitrogen and oxygen atoms in total. The minimum Gasteiger partial charge on any atom is -0.303 e. The van der Waals surface area contributed by atoms with Gasteiger partial charge in [-0.3, -0.25) is 4.68 Å². The van der Waals surface area contributed by atoms with Gasteiger partial charge >= 0.3 is 0 Å². The number of thioether (sulfide) groups is 1. The zero-order valence-corrected chi connectivity index (χ0v) is 12.1. The predicted molar refractivity (Wildman–Crippen MR) is 74.6 cm³/mol. The van der Waals surface area contributed by atoms with E-state index in [1.54, 1.807) is 16.8 Å². The first-order chi connectivity index (χ1) is 9.56. The van der Waals surface area contributed by atoms with Crippen molar-refractivity contribution in [1.29, 1.82) is 0 Å². The molecule has 1 atom stereocenters. The molecule has 20 heavy (non-hydrogen) atoms. The van der Waals surface area contributed by atoms with Crippen molar-refractivity contribution in [2.75, 3.05) is 0 Å². The van der Waals surface area contributed by atoms with Crippen LogP contribution in [-0.2, 0) is 13.6 Å². The molecule has 1 N–H and O–H groups in total. The monoisotopic (exact) mass is 298 g/mol. The van der Waals surface area contributed by atoms with Crippen molar-refractivity contribution < 1.29 is 8.78 Å². The second kappa shape index (κ2) is 6.81. The van der Waals surface area contributed by atoms with Crippen LogP contribution in [0.1, 0.15) is 24.4 Å². The molecule has 0 unspecified atom stereocenters. The molecule has 1 aromatic heterocycles. The van der Waals surface area contributed by atoms with Crippen LogP contribution in [-0.4, -0.2) is 20.5 Å². The van der Waals surface area contributed by atoms with E-state index >= 15 is 0 Å². The first-order valence-corrected chi connectivity index (χ1v) is 7.05. The van der Waals surface area contributed by atoms with E-state index in [1.807, 2.05) is 26.1 Å². The molecule has 7 heteroatoms. The van der Waals surface area contributed by atoms with Crippen molar-refractivity contribution in [3.8, 4) is 0 Å². The number of nitrogens with zero attached hydrogens (tertiary/aromatic N) is 3. The third kappa shape index (κ3) is 4.01. The molecule has 0 aliphatic carbocycles. The molecule has 2 aromatic rings. The van der Waals surface area contributed by atoms with Crippen LogP contribution in [0.25, 0.3) is 0 Å². The summed E-state index contributed by atoms with van der Waals surface area (Å²) in [5, 5.41) is 7.32. The number of benzene rings is 1. The minimum absolute atomic E-state index is 0.109. The Balaban J connectivity index is 1.92. The molecule has 2 rings (SSSR count). The third-order valence-electron chi connectivity index (χ3n) is 2.98. The van der Waals surface area contributed by atoms with Crippen molar-refractivity contribution in [1.82, 2.24) is 20.1 Å². The summed E-state index contributed by atoms with van der Waals surface area (Å²) in [4.78, 5) is 4.70. The van der Waals surface area contributed by atoms with Gasteiger partial charge in [0.2, 0.25) is 0 Å². The van der Waals surface area contributed by atoms with Crippen LogP contribution in [0.3, 0.4) is 0 Å². The largest absolute Gasteiger partial charge is 0.303 e. The van der Waals surface area contributed by atoms with E-state index in [2.05, 4.69) is 15.4 Å². The Labute approximate surface area is 120 Å². The number of halogens is 2. The van der Waals surface area contributed by atoms with Crippen molar-refractivity contribution in [2.45, 2.75) is 30.2 Å². The van der Waals surface area contributed by atoms with Gasteiger partial charge in [0, 0.05) is 18.0 Å². The number of hydrogen-bond acceptors (Lipinski definition) is 4. The fraction of sp³-hybridized carbons (Fsp3) is 0.385. The van der Waals surface area contributed by atoms with E-state index in [-0.39, 0.29) is 6.04 Å². The highest BCUT2D eigenvalue weighted by atomic mass is 32.2. The summed E-state index contributed by atoms with van der Waals surface area (Å²) < 4.78 is 26.2. The quantitative estimate of drug-likeness (QED) is 0.833. The molecule has 108 valence electrons. The first-order valence-electron chi connectivity index (χ1n) is 6.17. The second-order valence-electron chi connectivity index (χ2n) is 4.35. The van der Waals surface area contributed by atoms with Crippen LogP contribution in [0.2, 0.25) is 0 Å². The van der Waals surface area contributed by atoms with Crippen LogP contribution >= 0.6 is 11.8 Å². The lowest BCUT2D eigenvalue weighted by Gasteiger charge is -2.14. The smallest absolute Gasteiger partial charge is 0.288 e. The molecule has 0 fully saturated rings. The summed E-state index contributed by atoms with van der Waals surface area (Å²) in [6.45, 7) is 2.62. The van der Waals surface area contributed by atoms with Crippen LogP contribution in [0.15, 0.2) is 35.5 Å². The van der Waals surface area contributed by atoms with Crippen LogP contribution in [0.5, 0.6) is 0 Å². The summed E-state index contributed by atoms with van der Waals surface area (Å²) in [5.74, 6) is -1.53. The van der Waals surface area contributed by atoms with E-state index in [9.17, 15) is 8.78 Å². The van der Waals surface area contributed by atoms with Gasteiger partial charge in [-0.1, -0.05) is 23.9 Å². The molecular formula is C13H16F2N4S. The summed E-state index contributed by atoms with van der Waals surface area (Å²) in [6.07, 6.45) is 1.51. The average molecular weight is 298 g/mol. The standard InChI is InChI=1S/C13H16F2N4S/c1-9(16-7-12-17-8-18-19(12)2)10-3-5-11(6-4-10)20-13(14)15/h3-6,8-9,13,16H,7H2,1-2H3/t9-/m0/s1. The van der Waals surface area contributed by atoms with Gasteiger partial charge in [-0.15, -0.1) is 0 Å². The molecule has 1 aromatic carbocycles. The molecule has 0 spiro atoms. The van der Waals surface area contributed by atoms with Crippen LogP contribution in [0, 0.1) is 0 Å². The second-order valence-corrected chi connectivity index (χ2v) is 5.41. The maximum Gasteiger partial charge on any atom is 0.288 e. The fourth-order valence-electron chi connectivity index (χ4n) is 1.78. The Hall–Kier alpha value is -1.47. The maximum atomic E-state index is 12.2. The van der Waals surface area contributed by atoms with E-state index in [1.165, 1.54) is 6.33 Å². The maximum absolute atomic E-state index is 12.2.